The van der Waals surface area contributed by atoms with Gasteiger partial charge >= 0.3 is 5.97 Å². The summed E-state index contributed by atoms with van der Waals surface area (Å²) in [7, 11) is 0. The van der Waals surface area contributed by atoms with Crippen molar-refractivity contribution >= 4 is 23.0 Å². The van der Waals surface area contributed by atoms with Gasteiger partial charge in [-0.15, -0.1) is 0 Å². The summed E-state index contributed by atoms with van der Waals surface area (Å²) in [5.41, 5.74) is 0.473. The summed E-state index contributed by atoms with van der Waals surface area (Å²) in [4.78, 5) is 22.2. The number of carbonyl (C=O) groups is 1. The predicted molar refractivity (Wildman–Crippen MR) is 59.2 cm³/mol. The highest BCUT2D eigenvalue weighted by Gasteiger charge is 2.03. The fourth-order valence-corrected chi connectivity index (χ4v) is 1.37. The highest BCUT2D eigenvalue weighted by Crippen LogP contribution is 2.10. The Bertz CT molecular complexity index is 622. The summed E-state index contributed by atoms with van der Waals surface area (Å²) >= 11 is 0. The van der Waals surface area contributed by atoms with E-state index in [4.69, 9.17) is 9.52 Å². The highest BCUT2D eigenvalue weighted by atomic mass is 16.4. The maximum atomic E-state index is 11.8. The number of fused-ring (bicyclic) bond motifs is 1. The zero-order valence-corrected chi connectivity index (χ0v) is 8.21. The molecule has 0 saturated carbocycles. The Morgan fingerprint density at radius 1 is 1.31 bits per heavy atom. The molecule has 0 aliphatic rings. The fourth-order valence-electron chi connectivity index (χ4n) is 1.37. The Morgan fingerprint density at radius 2 is 2.06 bits per heavy atom. The van der Waals surface area contributed by atoms with Crippen LogP contribution in [0.5, 0.6) is 0 Å². The zero-order chi connectivity index (χ0) is 11.5. The third kappa shape index (κ3) is 1.86. The highest BCUT2D eigenvalue weighted by molar-refractivity contribution is 5.86. The van der Waals surface area contributed by atoms with E-state index in [1.54, 1.807) is 24.3 Å². The monoisotopic (exact) mass is 216 g/mol. The molecule has 0 radical (unpaired) electrons. The van der Waals surface area contributed by atoms with Crippen LogP contribution >= 0.6 is 0 Å². The van der Waals surface area contributed by atoms with Crippen molar-refractivity contribution in [3.8, 4) is 0 Å². The van der Waals surface area contributed by atoms with Gasteiger partial charge in [-0.1, -0.05) is 12.1 Å². The van der Waals surface area contributed by atoms with E-state index in [0.29, 0.717) is 11.0 Å². The topological polar surface area (TPSA) is 67.5 Å². The maximum absolute atomic E-state index is 11.8. The second-order valence-corrected chi connectivity index (χ2v) is 3.19. The second-order valence-electron chi connectivity index (χ2n) is 3.19. The van der Waals surface area contributed by atoms with E-state index >= 15 is 0 Å². The van der Waals surface area contributed by atoms with Crippen molar-refractivity contribution in [2.75, 3.05) is 0 Å². The van der Waals surface area contributed by atoms with Gasteiger partial charge in [-0.3, -0.25) is 4.79 Å². The van der Waals surface area contributed by atoms with Gasteiger partial charge in [-0.05, 0) is 18.2 Å². The third-order valence-electron chi connectivity index (χ3n) is 2.11. The van der Waals surface area contributed by atoms with E-state index in [2.05, 4.69) is 0 Å². The van der Waals surface area contributed by atoms with E-state index in [0.717, 1.165) is 6.08 Å². The molecule has 1 heterocycles. The quantitative estimate of drug-likeness (QED) is 0.778. The number of aliphatic carboxylic acids is 1. The van der Waals surface area contributed by atoms with Crippen molar-refractivity contribution in [3.05, 3.63) is 52.4 Å². The summed E-state index contributed by atoms with van der Waals surface area (Å²) in [6.07, 6.45) is 3.38. The van der Waals surface area contributed by atoms with E-state index in [-0.39, 0.29) is 11.0 Å². The van der Waals surface area contributed by atoms with E-state index < -0.39 is 5.97 Å². The molecule has 0 amide bonds. The molecule has 0 spiro atoms. The lowest BCUT2D eigenvalue weighted by Gasteiger charge is -1.96. The molecule has 16 heavy (non-hydrogen) atoms. The average molecular weight is 216 g/mol. The van der Waals surface area contributed by atoms with Crippen LogP contribution in [-0.2, 0) is 4.79 Å². The SMILES string of the molecule is O=C(O)C=Cc1coc2ccccc2c1=O. The number of benzene rings is 1. The van der Waals surface area contributed by atoms with Crippen LogP contribution < -0.4 is 5.43 Å². The molecule has 0 fully saturated rings. The molecule has 80 valence electrons. The number of carboxylic acids is 1. The van der Waals surface area contributed by atoms with Crippen LogP contribution in [0.1, 0.15) is 5.56 Å². The summed E-state index contributed by atoms with van der Waals surface area (Å²) in [6.45, 7) is 0. The molecule has 0 atom stereocenters. The van der Waals surface area contributed by atoms with E-state index in [1.807, 2.05) is 0 Å². The first kappa shape index (κ1) is 10.2. The number of carboxylic acid groups (broad SMARTS) is 1. The van der Waals surface area contributed by atoms with Crippen molar-refractivity contribution in [1.29, 1.82) is 0 Å². The predicted octanol–water partition coefficient (Wildman–Crippen LogP) is 1.89. The normalized spacial score (nSPS) is 11.0. The smallest absolute Gasteiger partial charge is 0.328 e. The maximum Gasteiger partial charge on any atom is 0.328 e. The van der Waals surface area contributed by atoms with Gasteiger partial charge < -0.3 is 9.52 Å². The van der Waals surface area contributed by atoms with Crippen LogP contribution in [0.2, 0.25) is 0 Å². The zero-order valence-electron chi connectivity index (χ0n) is 8.21. The standard InChI is InChI=1S/C12H8O4/c13-11(14)6-5-8-7-16-10-4-2-1-3-9(10)12(8)15/h1-7H,(H,13,14). The minimum Gasteiger partial charge on any atom is -0.478 e. The third-order valence-corrected chi connectivity index (χ3v) is 2.11. The van der Waals surface area contributed by atoms with Crippen molar-refractivity contribution < 1.29 is 14.3 Å². The molecule has 2 aromatic rings. The van der Waals surface area contributed by atoms with Gasteiger partial charge in [0.1, 0.15) is 11.8 Å². The van der Waals surface area contributed by atoms with Crippen LogP contribution in [0.25, 0.3) is 17.0 Å². The van der Waals surface area contributed by atoms with Gasteiger partial charge in [0.05, 0.1) is 10.9 Å². The van der Waals surface area contributed by atoms with E-state index in [9.17, 15) is 9.59 Å². The summed E-state index contributed by atoms with van der Waals surface area (Å²) in [5.74, 6) is -1.10. The molecular weight excluding hydrogens is 208 g/mol. The minimum atomic E-state index is -1.10. The number of rotatable bonds is 2. The molecule has 2 rings (SSSR count). The number of hydrogen-bond acceptors (Lipinski definition) is 3. The van der Waals surface area contributed by atoms with Gasteiger partial charge in [0.15, 0.2) is 5.43 Å². The fraction of sp³-hybridized carbons (Fsp3) is 0. The van der Waals surface area contributed by atoms with Crippen LogP contribution in [0.4, 0.5) is 0 Å². The molecule has 4 nitrogen and oxygen atoms in total. The minimum absolute atomic E-state index is 0.223. The number of hydrogen-bond donors (Lipinski definition) is 1. The molecule has 1 N–H and O–H groups in total. The first-order valence-corrected chi connectivity index (χ1v) is 4.60. The van der Waals surface area contributed by atoms with Crippen molar-refractivity contribution in [1.82, 2.24) is 0 Å². The Balaban J connectivity index is 2.61. The molecule has 0 unspecified atom stereocenters. The largest absolute Gasteiger partial charge is 0.478 e. The van der Waals surface area contributed by atoms with Crippen LogP contribution in [-0.4, -0.2) is 11.1 Å². The molecular formula is C12H8O4. The Kier molecular flexibility index (Phi) is 2.55. The van der Waals surface area contributed by atoms with Gasteiger partial charge in [-0.2, -0.15) is 0 Å². The molecule has 0 bridgehead atoms. The molecule has 1 aromatic heterocycles. The lowest BCUT2D eigenvalue weighted by molar-refractivity contribution is -0.131. The molecule has 0 aliphatic carbocycles. The number of para-hydroxylation sites is 1. The lowest BCUT2D eigenvalue weighted by atomic mass is 10.1. The van der Waals surface area contributed by atoms with Gasteiger partial charge in [0.25, 0.3) is 0 Å². The Labute approximate surface area is 90.4 Å². The van der Waals surface area contributed by atoms with Crippen LogP contribution in [0.15, 0.2) is 45.8 Å². The molecule has 0 aliphatic heterocycles. The first-order chi connectivity index (χ1) is 7.68. The molecule has 1 aromatic carbocycles. The van der Waals surface area contributed by atoms with Crippen LogP contribution in [0, 0.1) is 0 Å². The van der Waals surface area contributed by atoms with Crippen LogP contribution in [0.3, 0.4) is 0 Å². The summed E-state index contributed by atoms with van der Waals surface area (Å²) in [6, 6.07) is 6.81. The second kappa shape index (κ2) is 4.02. The summed E-state index contributed by atoms with van der Waals surface area (Å²) in [5, 5.41) is 8.90. The van der Waals surface area contributed by atoms with Crippen molar-refractivity contribution in [3.63, 3.8) is 0 Å². The Morgan fingerprint density at radius 3 is 2.81 bits per heavy atom. The Hall–Kier alpha value is -2.36. The van der Waals surface area contributed by atoms with E-state index in [1.165, 1.54) is 12.3 Å². The summed E-state index contributed by atoms with van der Waals surface area (Å²) < 4.78 is 5.21. The van der Waals surface area contributed by atoms with Crippen molar-refractivity contribution in [2.24, 2.45) is 0 Å². The van der Waals surface area contributed by atoms with Gasteiger partial charge in [-0.25, -0.2) is 4.79 Å². The molecule has 0 saturated heterocycles. The van der Waals surface area contributed by atoms with Gasteiger partial charge in [0, 0.05) is 6.08 Å². The molecule has 4 heteroatoms. The van der Waals surface area contributed by atoms with Crippen molar-refractivity contribution in [2.45, 2.75) is 0 Å². The average Bonchev–Trinajstić information content (AvgIpc) is 2.28. The first-order valence-electron chi connectivity index (χ1n) is 4.60. The van der Waals surface area contributed by atoms with Gasteiger partial charge in [0.2, 0.25) is 0 Å². The lowest BCUT2D eigenvalue weighted by Crippen LogP contribution is -2.04.